The van der Waals surface area contributed by atoms with Gasteiger partial charge in [-0.3, -0.25) is 4.79 Å². The largest absolute Gasteiger partial charge is 0.331 e. The number of benzene rings is 2. The Labute approximate surface area is 174 Å². The number of imidazole rings is 1. The van der Waals surface area contributed by atoms with E-state index in [9.17, 15) is 18.0 Å². The molecule has 0 fully saturated rings. The average Bonchev–Trinajstić information content (AvgIpc) is 3.04. The number of carbonyl (C=O) groups excluding carboxylic acids is 1. The molecule has 0 saturated heterocycles. The molecule has 0 radical (unpaired) electrons. The SMILES string of the molecule is CCCCCN(Cc1nc2ccc(F)cc2n1CCC)C(=O)c1ccc(F)cc1F. The van der Waals surface area contributed by atoms with Gasteiger partial charge < -0.3 is 9.47 Å². The Balaban J connectivity index is 1.96. The highest BCUT2D eigenvalue weighted by atomic mass is 19.1. The Morgan fingerprint density at radius 3 is 2.43 bits per heavy atom. The topological polar surface area (TPSA) is 38.1 Å². The van der Waals surface area contributed by atoms with Crippen LogP contribution >= 0.6 is 0 Å². The van der Waals surface area contributed by atoms with Crippen LogP contribution in [0.4, 0.5) is 13.2 Å². The van der Waals surface area contributed by atoms with Crippen molar-refractivity contribution in [1.82, 2.24) is 14.5 Å². The summed E-state index contributed by atoms with van der Waals surface area (Å²) in [5.74, 6) is -1.86. The van der Waals surface area contributed by atoms with E-state index in [0.717, 1.165) is 31.7 Å². The van der Waals surface area contributed by atoms with E-state index < -0.39 is 17.5 Å². The number of hydrogen-bond acceptors (Lipinski definition) is 2. The smallest absolute Gasteiger partial charge is 0.257 e. The van der Waals surface area contributed by atoms with Gasteiger partial charge in [0.05, 0.1) is 23.1 Å². The van der Waals surface area contributed by atoms with E-state index in [1.807, 2.05) is 11.5 Å². The van der Waals surface area contributed by atoms with Crippen molar-refractivity contribution in [2.45, 2.75) is 52.6 Å². The summed E-state index contributed by atoms with van der Waals surface area (Å²) in [6.45, 7) is 5.27. The summed E-state index contributed by atoms with van der Waals surface area (Å²) in [6.07, 6.45) is 3.46. The van der Waals surface area contributed by atoms with Crippen molar-refractivity contribution in [3.05, 3.63) is 65.2 Å². The van der Waals surface area contributed by atoms with E-state index >= 15 is 0 Å². The van der Waals surface area contributed by atoms with Crippen molar-refractivity contribution in [1.29, 1.82) is 0 Å². The first-order chi connectivity index (χ1) is 14.4. The molecule has 0 saturated carbocycles. The Morgan fingerprint density at radius 2 is 1.73 bits per heavy atom. The summed E-state index contributed by atoms with van der Waals surface area (Å²) >= 11 is 0. The lowest BCUT2D eigenvalue weighted by molar-refractivity contribution is 0.0729. The lowest BCUT2D eigenvalue weighted by Gasteiger charge is -2.23. The molecule has 1 heterocycles. The lowest BCUT2D eigenvalue weighted by Crippen LogP contribution is -2.33. The number of nitrogens with zero attached hydrogens (tertiary/aromatic N) is 3. The molecule has 0 bridgehead atoms. The van der Waals surface area contributed by atoms with Gasteiger partial charge in [-0.05, 0) is 43.2 Å². The minimum absolute atomic E-state index is 0.162. The number of hydrogen-bond donors (Lipinski definition) is 0. The summed E-state index contributed by atoms with van der Waals surface area (Å²) in [5, 5.41) is 0. The second kappa shape index (κ2) is 9.78. The molecule has 0 spiro atoms. The van der Waals surface area contributed by atoms with Gasteiger partial charge in [-0.1, -0.05) is 26.7 Å². The molecule has 0 unspecified atom stereocenters. The van der Waals surface area contributed by atoms with Gasteiger partial charge in [0.2, 0.25) is 0 Å². The molecule has 4 nitrogen and oxygen atoms in total. The van der Waals surface area contributed by atoms with Gasteiger partial charge in [-0.25, -0.2) is 18.2 Å². The van der Waals surface area contributed by atoms with Gasteiger partial charge >= 0.3 is 0 Å². The average molecular weight is 417 g/mol. The number of halogens is 3. The molecular weight excluding hydrogens is 391 g/mol. The maximum Gasteiger partial charge on any atom is 0.257 e. The zero-order chi connectivity index (χ0) is 21.7. The van der Waals surface area contributed by atoms with E-state index in [1.165, 1.54) is 23.1 Å². The highest BCUT2D eigenvalue weighted by molar-refractivity contribution is 5.94. The predicted molar refractivity (Wildman–Crippen MR) is 111 cm³/mol. The minimum Gasteiger partial charge on any atom is -0.331 e. The number of amides is 1. The third-order valence-corrected chi connectivity index (χ3v) is 5.05. The normalized spacial score (nSPS) is 11.2. The van der Waals surface area contributed by atoms with Gasteiger partial charge in [0.25, 0.3) is 5.91 Å². The van der Waals surface area contributed by atoms with Gasteiger partial charge in [0, 0.05) is 19.2 Å². The molecule has 0 aliphatic rings. The molecule has 30 heavy (non-hydrogen) atoms. The first-order valence-corrected chi connectivity index (χ1v) is 10.3. The van der Waals surface area contributed by atoms with Crippen molar-refractivity contribution in [3.8, 4) is 0 Å². The van der Waals surface area contributed by atoms with Gasteiger partial charge in [-0.2, -0.15) is 0 Å². The Morgan fingerprint density at radius 1 is 1.00 bits per heavy atom. The van der Waals surface area contributed by atoms with Crippen LogP contribution in [0, 0.1) is 17.5 Å². The first kappa shape index (κ1) is 21.9. The zero-order valence-corrected chi connectivity index (χ0v) is 17.3. The molecule has 1 aromatic heterocycles. The van der Waals surface area contributed by atoms with Gasteiger partial charge in [-0.15, -0.1) is 0 Å². The van der Waals surface area contributed by atoms with Crippen molar-refractivity contribution in [2.24, 2.45) is 0 Å². The number of carbonyl (C=O) groups is 1. The van der Waals surface area contributed by atoms with E-state index in [0.29, 0.717) is 36.0 Å². The quantitative estimate of drug-likeness (QED) is 0.419. The lowest BCUT2D eigenvalue weighted by atomic mass is 10.1. The molecule has 2 aromatic carbocycles. The Hall–Kier alpha value is -2.83. The summed E-state index contributed by atoms with van der Waals surface area (Å²) in [6, 6.07) is 7.37. The van der Waals surface area contributed by atoms with Crippen molar-refractivity contribution < 1.29 is 18.0 Å². The third-order valence-electron chi connectivity index (χ3n) is 5.05. The molecule has 7 heteroatoms. The zero-order valence-electron chi connectivity index (χ0n) is 17.3. The summed E-state index contributed by atoms with van der Waals surface area (Å²) in [4.78, 5) is 19.2. The van der Waals surface area contributed by atoms with Gasteiger partial charge in [0.1, 0.15) is 23.3 Å². The maximum absolute atomic E-state index is 14.3. The predicted octanol–water partition coefficient (Wildman–Crippen LogP) is 5.70. The second-order valence-electron chi connectivity index (χ2n) is 7.37. The van der Waals surface area contributed by atoms with Crippen LogP contribution in [0.1, 0.15) is 55.7 Å². The van der Waals surface area contributed by atoms with Crippen LogP contribution in [0.2, 0.25) is 0 Å². The fourth-order valence-corrected chi connectivity index (χ4v) is 3.55. The number of fused-ring (bicyclic) bond motifs is 1. The molecule has 1 amide bonds. The summed E-state index contributed by atoms with van der Waals surface area (Å²) < 4.78 is 43.2. The van der Waals surface area contributed by atoms with Crippen LogP contribution in [0.5, 0.6) is 0 Å². The fraction of sp³-hybridized carbons (Fsp3) is 0.391. The van der Waals surface area contributed by atoms with Crippen LogP contribution in [0.3, 0.4) is 0 Å². The molecular formula is C23H26F3N3O. The number of aryl methyl sites for hydroxylation is 1. The molecule has 0 aliphatic carbocycles. The van der Waals surface area contributed by atoms with E-state index in [4.69, 9.17) is 0 Å². The summed E-state index contributed by atoms with van der Waals surface area (Å²) in [5.41, 5.74) is 1.15. The van der Waals surface area contributed by atoms with Crippen LogP contribution in [-0.4, -0.2) is 26.9 Å². The molecule has 160 valence electrons. The van der Waals surface area contributed by atoms with Crippen molar-refractivity contribution in [2.75, 3.05) is 6.54 Å². The number of rotatable bonds is 9. The summed E-state index contributed by atoms with van der Waals surface area (Å²) in [7, 11) is 0. The first-order valence-electron chi connectivity index (χ1n) is 10.3. The third kappa shape index (κ3) is 4.83. The van der Waals surface area contributed by atoms with Crippen molar-refractivity contribution in [3.63, 3.8) is 0 Å². The van der Waals surface area contributed by atoms with Crippen LogP contribution in [0.15, 0.2) is 36.4 Å². The molecule has 0 N–H and O–H groups in total. The molecule has 3 aromatic rings. The monoisotopic (exact) mass is 417 g/mol. The fourth-order valence-electron chi connectivity index (χ4n) is 3.55. The minimum atomic E-state index is -0.885. The second-order valence-corrected chi connectivity index (χ2v) is 7.37. The molecule has 0 atom stereocenters. The highest BCUT2D eigenvalue weighted by Gasteiger charge is 2.22. The van der Waals surface area contributed by atoms with Crippen LogP contribution < -0.4 is 0 Å². The van der Waals surface area contributed by atoms with E-state index in [2.05, 4.69) is 11.9 Å². The number of unbranched alkanes of at least 4 members (excludes halogenated alkanes) is 2. The van der Waals surface area contributed by atoms with Crippen LogP contribution in [-0.2, 0) is 13.1 Å². The van der Waals surface area contributed by atoms with Gasteiger partial charge in [0.15, 0.2) is 0 Å². The number of aromatic nitrogens is 2. The van der Waals surface area contributed by atoms with E-state index in [1.54, 1.807) is 6.07 Å². The molecule has 0 aliphatic heterocycles. The van der Waals surface area contributed by atoms with Crippen molar-refractivity contribution >= 4 is 16.9 Å². The van der Waals surface area contributed by atoms with E-state index in [-0.39, 0.29) is 17.9 Å². The highest BCUT2D eigenvalue weighted by Crippen LogP contribution is 2.21. The standard InChI is InChI=1S/C23H26F3N3O/c1-3-5-6-12-28(23(30)18-9-7-16(24)13-19(18)26)15-22-27-20-10-8-17(25)14-21(20)29(22)11-4-2/h7-10,13-14H,3-6,11-12,15H2,1-2H3. The molecule has 3 rings (SSSR count). The maximum atomic E-state index is 14.3. The van der Waals surface area contributed by atoms with Crippen LogP contribution in [0.25, 0.3) is 11.0 Å². The Kier molecular flexibility index (Phi) is 7.13. The Bertz CT molecular complexity index is 1030.